The van der Waals surface area contributed by atoms with Gasteiger partial charge >= 0.3 is 0 Å². The van der Waals surface area contributed by atoms with Crippen molar-refractivity contribution in [1.29, 1.82) is 0 Å². The van der Waals surface area contributed by atoms with Gasteiger partial charge in [-0.1, -0.05) is 0 Å². The van der Waals surface area contributed by atoms with Crippen LogP contribution in [-0.4, -0.2) is 21.8 Å². The van der Waals surface area contributed by atoms with Gasteiger partial charge < -0.3 is 11.1 Å². The fourth-order valence-electron chi connectivity index (χ4n) is 1.84. The van der Waals surface area contributed by atoms with Gasteiger partial charge in [-0.25, -0.2) is 0 Å². The van der Waals surface area contributed by atoms with Crippen LogP contribution in [0.4, 0.5) is 5.69 Å². The Hall–Kier alpha value is -1.88. The molecule has 0 aromatic carbocycles. The van der Waals surface area contributed by atoms with Crippen molar-refractivity contribution < 1.29 is 0 Å². The van der Waals surface area contributed by atoms with Crippen molar-refractivity contribution >= 4 is 5.69 Å². The Bertz CT molecular complexity index is 491. The zero-order chi connectivity index (χ0) is 12.3. The van der Waals surface area contributed by atoms with Crippen molar-refractivity contribution in [2.75, 3.05) is 12.8 Å². The van der Waals surface area contributed by atoms with Gasteiger partial charge in [-0.3, -0.25) is 9.67 Å². The molecule has 1 atom stereocenters. The van der Waals surface area contributed by atoms with Crippen LogP contribution in [0.5, 0.6) is 0 Å². The molecule has 1 unspecified atom stereocenters. The molecule has 0 bridgehead atoms. The van der Waals surface area contributed by atoms with Gasteiger partial charge in [0, 0.05) is 42.9 Å². The van der Waals surface area contributed by atoms with Crippen LogP contribution in [0.3, 0.4) is 0 Å². The van der Waals surface area contributed by atoms with Gasteiger partial charge in [0.25, 0.3) is 0 Å². The van der Waals surface area contributed by atoms with E-state index in [9.17, 15) is 0 Å². The van der Waals surface area contributed by atoms with E-state index in [4.69, 9.17) is 5.73 Å². The lowest BCUT2D eigenvalue weighted by Crippen LogP contribution is -2.19. The number of pyridine rings is 1. The van der Waals surface area contributed by atoms with E-state index >= 15 is 0 Å². The van der Waals surface area contributed by atoms with E-state index in [1.165, 1.54) is 0 Å². The van der Waals surface area contributed by atoms with E-state index in [0.29, 0.717) is 0 Å². The normalized spacial score (nSPS) is 12.6. The predicted octanol–water partition coefficient (Wildman–Crippen LogP) is 0.900. The number of nitrogens with zero attached hydrogens (tertiary/aromatic N) is 3. The van der Waals surface area contributed by atoms with Crippen molar-refractivity contribution in [1.82, 2.24) is 20.1 Å². The Morgan fingerprint density at radius 2 is 2.29 bits per heavy atom. The Balaban J connectivity index is 2.18. The third-order valence-corrected chi connectivity index (χ3v) is 2.84. The number of anilines is 1. The molecule has 90 valence electrons. The van der Waals surface area contributed by atoms with Crippen molar-refractivity contribution in [2.24, 2.45) is 7.05 Å². The second-order valence-electron chi connectivity index (χ2n) is 4.07. The van der Waals surface area contributed by atoms with Crippen LogP contribution in [0.15, 0.2) is 30.9 Å². The molecule has 0 saturated heterocycles. The largest absolute Gasteiger partial charge is 0.398 e. The summed E-state index contributed by atoms with van der Waals surface area (Å²) in [6.07, 6.45) is 8.21. The van der Waals surface area contributed by atoms with Gasteiger partial charge in [0.2, 0.25) is 0 Å². The highest BCUT2D eigenvalue weighted by Crippen LogP contribution is 2.20. The highest BCUT2D eigenvalue weighted by molar-refractivity contribution is 5.45. The maximum atomic E-state index is 5.92. The topological polar surface area (TPSA) is 68.8 Å². The summed E-state index contributed by atoms with van der Waals surface area (Å²) in [7, 11) is 3.85. The van der Waals surface area contributed by atoms with E-state index in [-0.39, 0.29) is 6.04 Å². The maximum absolute atomic E-state index is 5.92. The summed E-state index contributed by atoms with van der Waals surface area (Å²) in [6, 6.07) is 2.03. The standard InChI is InChI=1S/C12H17N5/c1-14-12(10-7-16-17(2)8-10)5-9-6-15-4-3-11(9)13/h3-4,6-8,12,14H,5H2,1-2H3,(H2,13,15). The molecule has 2 rings (SSSR count). The number of nitrogen functional groups attached to an aromatic ring is 1. The van der Waals surface area contributed by atoms with E-state index in [2.05, 4.69) is 15.4 Å². The number of hydrogen-bond acceptors (Lipinski definition) is 4. The summed E-state index contributed by atoms with van der Waals surface area (Å²) in [4.78, 5) is 4.10. The molecule has 0 fully saturated rings. The highest BCUT2D eigenvalue weighted by atomic mass is 15.2. The zero-order valence-corrected chi connectivity index (χ0v) is 10.1. The highest BCUT2D eigenvalue weighted by Gasteiger charge is 2.13. The first-order chi connectivity index (χ1) is 8.20. The Morgan fingerprint density at radius 1 is 1.47 bits per heavy atom. The number of rotatable bonds is 4. The third-order valence-electron chi connectivity index (χ3n) is 2.84. The van der Waals surface area contributed by atoms with Gasteiger partial charge in [-0.2, -0.15) is 5.10 Å². The minimum Gasteiger partial charge on any atom is -0.398 e. The molecule has 3 N–H and O–H groups in total. The van der Waals surface area contributed by atoms with E-state index in [1.54, 1.807) is 10.9 Å². The first kappa shape index (κ1) is 11.6. The van der Waals surface area contributed by atoms with Gasteiger partial charge in [0.15, 0.2) is 0 Å². The van der Waals surface area contributed by atoms with Crippen LogP contribution < -0.4 is 11.1 Å². The van der Waals surface area contributed by atoms with E-state index < -0.39 is 0 Å². The summed E-state index contributed by atoms with van der Waals surface area (Å²) in [6.45, 7) is 0. The van der Waals surface area contributed by atoms with Gasteiger partial charge in [0.05, 0.1) is 6.20 Å². The van der Waals surface area contributed by atoms with Crippen molar-refractivity contribution in [3.8, 4) is 0 Å². The summed E-state index contributed by atoms with van der Waals surface area (Å²) < 4.78 is 1.80. The SMILES string of the molecule is CNC(Cc1cnccc1N)c1cnn(C)c1. The fraction of sp³-hybridized carbons (Fsp3) is 0.333. The molecule has 17 heavy (non-hydrogen) atoms. The van der Waals surface area contributed by atoms with Crippen LogP contribution in [0.25, 0.3) is 0 Å². The molecule has 0 aliphatic carbocycles. The predicted molar refractivity (Wildman–Crippen MR) is 67.4 cm³/mol. The molecule has 0 saturated carbocycles. The van der Waals surface area contributed by atoms with E-state index in [0.717, 1.165) is 23.2 Å². The smallest absolute Gasteiger partial charge is 0.0537 e. The Labute approximate surface area is 101 Å². The second-order valence-corrected chi connectivity index (χ2v) is 4.07. The van der Waals surface area contributed by atoms with Crippen LogP contribution in [0.2, 0.25) is 0 Å². The lowest BCUT2D eigenvalue weighted by Gasteiger charge is -2.15. The quantitative estimate of drug-likeness (QED) is 0.820. The lowest BCUT2D eigenvalue weighted by atomic mass is 10.0. The molecule has 0 amide bonds. The van der Waals surface area contributed by atoms with Crippen LogP contribution in [0, 0.1) is 0 Å². The summed E-state index contributed by atoms with van der Waals surface area (Å²) in [5, 5.41) is 7.45. The van der Waals surface area contributed by atoms with E-state index in [1.807, 2.05) is 38.8 Å². The average molecular weight is 231 g/mol. The number of likely N-dealkylation sites (N-methyl/N-ethyl adjacent to an activating group) is 1. The first-order valence-corrected chi connectivity index (χ1v) is 5.55. The number of aryl methyl sites for hydroxylation is 1. The lowest BCUT2D eigenvalue weighted by molar-refractivity contribution is 0.591. The van der Waals surface area contributed by atoms with Gasteiger partial charge in [-0.15, -0.1) is 0 Å². The minimum atomic E-state index is 0.204. The molecular formula is C12H17N5. The maximum Gasteiger partial charge on any atom is 0.0537 e. The number of nitrogens with one attached hydrogen (secondary N) is 1. The molecule has 5 nitrogen and oxygen atoms in total. The molecule has 2 aromatic rings. The molecule has 0 aliphatic rings. The van der Waals surface area contributed by atoms with Crippen molar-refractivity contribution in [3.63, 3.8) is 0 Å². The Kier molecular flexibility index (Phi) is 3.39. The molecule has 0 aliphatic heterocycles. The molecule has 5 heteroatoms. The molecule has 2 heterocycles. The van der Waals surface area contributed by atoms with Crippen molar-refractivity contribution in [3.05, 3.63) is 42.0 Å². The fourth-order valence-corrected chi connectivity index (χ4v) is 1.84. The van der Waals surface area contributed by atoms with Crippen LogP contribution >= 0.6 is 0 Å². The monoisotopic (exact) mass is 231 g/mol. The summed E-state index contributed by atoms with van der Waals surface area (Å²) in [5.41, 5.74) is 8.90. The zero-order valence-electron chi connectivity index (χ0n) is 10.1. The van der Waals surface area contributed by atoms with Crippen LogP contribution in [-0.2, 0) is 13.5 Å². The molecule has 0 radical (unpaired) electrons. The molecular weight excluding hydrogens is 214 g/mol. The number of nitrogens with two attached hydrogens (primary N) is 1. The third kappa shape index (κ3) is 2.62. The average Bonchev–Trinajstić information content (AvgIpc) is 2.75. The number of hydrogen-bond donors (Lipinski definition) is 2. The summed E-state index contributed by atoms with van der Waals surface area (Å²) in [5.74, 6) is 0. The molecule has 0 spiro atoms. The molecule has 2 aromatic heterocycles. The first-order valence-electron chi connectivity index (χ1n) is 5.55. The van der Waals surface area contributed by atoms with Gasteiger partial charge in [-0.05, 0) is 25.1 Å². The van der Waals surface area contributed by atoms with Crippen LogP contribution in [0.1, 0.15) is 17.2 Å². The minimum absolute atomic E-state index is 0.204. The van der Waals surface area contributed by atoms with Crippen molar-refractivity contribution in [2.45, 2.75) is 12.5 Å². The van der Waals surface area contributed by atoms with Gasteiger partial charge in [0.1, 0.15) is 0 Å². The Morgan fingerprint density at radius 3 is 2.88 bits per heavy atom. The summed E-state index contributed by atoms with van der Waals surface area (Å²) >= 11 is 0. The second kappa shape index (κ2) is 4.97. The number of aromatic nitrogens is 3.